The third kappa shape index (κ3) is 3.28. The van der Waals surface area contributed by atoms with Crippen LogP contribution >= 0.6 is 0 Å². The molecule has 8 heteroatoms. The molecule has 0 radical (unpaired) electrons. The van der Waals surface area contributed by atoms with Crippen molar-refractivity contribution in [2.75, 3.05) is 0 Å². The molecule has 0 unspecified atom stereocenters. The van der Waals surface area contributed by atoms with Crippen LogP contribution in [-0.4, -0.2) is 18.6 Å². The molecule has 0 N–H and O–H groups in total. The van der Waals surface area contributed by atoms with E-state index in [9.17, 15) is 12.8 Å². The maximum atomic E-state index is 13.8. The van der Waals surface area contributed by atoms with Crippen LogP contribution in [0.1, 0.15) is 11.5 Å². The second-order valence-corrected chi connectivity index (χ2v) is 6.65. The zero-order valence-electron chi connectivity index (χ0n) is 12.9. The summed E-state index contributed by atoms with van der Waals surface area (Å²) in [5.41, 5.74) is 1.25. The number of hydrogen-bond donors (Lipinski definition) is 0. The van der Waals surface area contributed by atoms with Gasteiger partial charge in [-0.25, -0.2) is 4.39 Å². The fourth-order valence-electron chi connectivity index (χ4n) is 2.05. The Bertz CT molecular complexity index is 982. The van der Waals surface area contributed by atoms with Crippen LogP contribution in [0.3, 0.4) is 0 Å². The van der Waals surface area contributed by atoms with Crippen molar-refractivity contribution < 1.29 is 21.5 Å². The number of hydrogen-bond acceptors (Lipinski definition) is 6. The second kappa shape index (κ2) is 6.04. The molecule has 2 aromatic carbocycles. The highest BCUT2D eigenvalue weighted by molar-refractivity contribution is 7.87. The molecule has 0 atom stereocenters. The number of rotatable bonds is 4. The quantitative estimate of drug-likeness (QED) is 0.673. The minimum absolute atomic E-state index is 0.0554. The predicted octanol–water partition coefficient (Wildman–Crippen LogP) is 3.26. The Hall–Kier alpha value is -2.74. The van der Waals surface area contributed by atoms with Crippen LogP contribution in [0, 0.1) is 19.7 Å². The van der Waals surface area contributed by atoms with E-state index < -0.39 is 20.8 Å². The zero-order valence-corrected chi connectivity index (χ0v) is 13.7. The van der Waals surface area contributed by atoms with Gasteiger partial charge in [-0.3, -0.25) is 0 Å². The SMILES string of the molecule is Cc1ccc(F)c(S(=O)(=O)Oc2ccc(-c3noc(C)n3)cc2)c1. The molecule has 0 fully saturated rings. The van der Waals surface area contributed by atoms with Crippen molar-refractivity contribution in [1.82, 2.24) is 10.1 Å². The van der Waals surface area contributed by atoms with Gasteiger partial charge in [0.25, 0.3) is 0 Å². The van der Waals surface area contributed by atoms with Gasteiger partial charge in [0, 0.05) is 12.5 Å². The number of aryl methyl sites for hydroxylation is 2. The van der Waals surface area contributed by atoms with Crippen LogP contribution in [0.4, 0.5) is 4.39 Å². The van der Waals surface area contributed by atoms with Crippen molar-refractivity contribution in [3.05, 3.63) is 59.7 Å². The number of aromatic nitrogens is 2. The lowest BCUT2D eigenvalue weighted by Gasteiger charge is -2.08. The summed E-state index contributed by atoms with van der Waals surface area (Å²) in [5.74, 6) is -0.00571. The van der Waals surface area contributed by atoms with Crippen molar-refractivity contribution >= 4 is 10.1 Å². The molecular weight excluding hydrogens is 335 g/mol. The Balaban J connectivity index is 1.86. The van der Waals surface area contributed by atoms with Crippen LogP contribution in [-0.2, 0) is 10.1 Å². The fourth-order valence-corrected chi connectivity index (χ4v) is 3.14. The molecule has 0 aliphatic heterocycles. The van der Waals surface area contributed by atoms with Gasteiger partial charge in [-0.1, -0.05) is 11.2 Å². The van der Waals surface area contributed by atoms with Gasteiger partial charge in [0.1, 0.15) is 16.5 Å². The van der Waals surface area contributed by atoms with Gasteiger partial charge in [-0.15, -0.1) is 0 Å². The number of halogens is 1. The molecule has 0 bridgehead atoms. The monoisotopic (exact) mass is 348 g/mol. The Kier molecular flexibility index (Phi) is 4.06. The normalized spacial score (nSPS) is 11.5. The van der Waals surface area contributed by atoms with Gasteiger partial charge in [-0.05, 0) is 48.9 Å². The highest BCUT2D eigenvalue weighted by Crippen LogP contribution is 2.24. The van der Waals surface area contributed by atoms with Crippen LogP contribution in [0.2, 0.25) is 0 Å². The van der Waals surface area contributed by atoms with Gasteiger partial charge in [0.05, 0.1) is 0 Å². The number of benzene rings is 2. The first-order valence-electron chi connectivity index (χ1n) is 6.96. The Labute approximate surface area is 138 Å². The first-order chi connectivity index (χ1) is 11.3. The first-order valence-corrected chi connectivity index (χ1v) is 8.37. The standard InChI is InChI=1S/C16H13FN2O4S/c1-10-3-8-14(17)15(9-10)24(20,21)23-13-6-4-12(5-7-13)16-18-11(2)22-19-16/h3-9H,1-2H3. The molecule has 1 aromatic heterocycles. The molecule has 0 saturated heterocycles. The predicted molar refractivity (Wildman–Crippen MR) is 83.4 cm³/mol. The molecule has 0 saturated carbocycles. The highest BCUT2D eigenvalue weighted by Gasteiger charge is 2.21. The van der Waals surface area contributed by atoms with Gasteiger partial charge in [0.15, 0.2) is 0 Å². The second-order valence-electron chi connectivity index (χ2n) is 5.13. The van der Waals surface area contributed by atoms with Gasteiger partial charge >= 0.3 is 10.1 Å². The Morgan fingerprint density at radius 1 is 1.08 bits per heavy atom. The highest BCUT2D eigenvalue weighted by atomic mass is 32.2. The van der Waals surface area contributed by atoms with Crippen molar-refractivity contribution in [2.24, 2.45) is 0 Å². The van der Waals surface area contributed by atoms with E-state index in [-0.39, 0.29) is 5.75 Å². The van der Waals surface area contributed by atoms with E-state index in [1.165, 1.54) is 24.3 Å². The van der Waals surface area contributed by atoms with Crippen molar-refractivity contribution in [1.29, 1.82) is 0 Å². The largest absolute Gasteiger partial charge is 0.379 e. The van der Waals surface area contributed by atoms with Crippen LogP contribution < -0.4 is 4.18 Å². The lowest BCUT2D eigenvalue weighted by molar-refractivity contribution is 0.394. The first kappa shape index (κ1) is 16.1. The molecule has 24 heavy (non-hydrogen) atoms. The van der Waals surface area contributed by atoms with E-state index in [0.717, 1.165) is 6.07 Å². The lowest BCUT2D eigenvalue weighted by Crippen LogP contribution is -2.12. The van der Waals surface area contributed by atoms with Gasteiger partial charge in [0.2, 0.25) is 11.7 Å². The average Bonchev–Trinajstić information content (AvgIpc) is 2.96. The molecule has 1 heterocycles. The molecule has 3 aromatic rings. The summed E-state index contributed by atoms with van der Waals surface area (Å²) in [6, 6.07) is 9.84. The van der Waals surface area contributed by atoms with E-state index in [1.54, 1.807) is 26.0 Å². The van der Waals surface area contributed by atoms with Crippen LogP contribution in [0.25, 0.3) is 11.4 Å². The summed E-state index contributed by atoms with van der Waals surface area (Å²) >= 11 is 0. The van der Waals surface area contributed by atoms with Crippen molar-refractivity contribution in [3.63, 3.8) is 0 Å². The minimum Gasteiger partial charge on any atom is -0.379 e. The molecule has 0 aliphatic rings. The molecule has 124 valence electrons. The Morgan fingerprint density at radius 2 is 1.79 bits per heavy atom. The summed E-state index contributed by atoms with van der Waals surface area (Å²) in [6.45, 7) is 3.33. The maximum absolute atomic E-state index is 13.8. The zero-order chi connectivity index (χ0) is 17.3. The molecule has 0 spiro atoms. The lowest BCUT2D eigenvalue weighted by atomic mass is 10.2. The summed E-state index contributed by atoms with van der Waals surface area (Å²) in [6.07, 6.45) is 0. The maximum Gasteiger partial charge on any atom is 0.342 e. The van der Waals surface area contributed by atoms with E-state index >= 15 is 0 Å². The van der Waals surface area contributed by atoms with Gasteiger partial charge in [-0.2, -0.15) is 13.4 Å². The molecular formula is C16H13FN2O4S. The topological polar surface area (TPSA) is 82.3 Å². The summed E-state index contributed by atoms with van der Waals surface area (Å²) < 4.78 is 48.1. The minimum atomic E-state index is -4.26. The van der Waals surface area contributed by atoms with E-state index in [0.29, 0.717) is 22.8 Å². The Morgan fingerprint density at radius 3 is 2.42 bits per heavy atom. The molecule has 6 nitrogen and oxygen atoms in total. The van der Waals surface area contributed by atoms with E-state index in [4.69, 9.17) is 8.71 Å². The molecule has 3 rings (SSSR count). The molecule has 0 amide bonds. The smallest absolute Gasteiger partial charge is 0.342 e. The third-order valence-corrected chi connectivity index (χ3v) is 4.47. The van der Waals surface area contributed by atoms with Crippen LogP contribution in [0.5, 0.6) is 5.75 Å². The van der Waals surface area contributed by atoms with Gasteiger partial charge < -0.3 is 8.71 Å². The van der Waals surface area contributed by atoms with Crippen molar-refractivity contribution in [3.8, 4) is 17.1 Å². The fraction of sp³-hybridized carbons (Fsp3) is 0.125. The van der Waals surface area contributed by atoms with Crippen LogP contribution in [0.15, 0.2) is 51.9 Å². The van der Waals surface area contributed by atoms with E-state index in [1.807, 2.05) is 0 Å². The third-order valence-electron chi connectivity index (χ3n) is 3.20. The van der Waals surface area contributed by atoms with E-state index in [2.05, 4.69) is 10.1 Å². The van der Waals surface area contributed by atoms with Crippen molar-refractivity contribution in [2.45, 2.75) is 18.7 Å². The molecule has 0 aliphatic carbocycles. The summed E-state index contributed by atoms with van der Waals surface area (Å²) in [7, 11) is -4.26. The summed E-state index contributed by atoms with van der Waals surface area (Å²) in [5, 5.41) is 3.76. The average molecular weight is 348 g/mol. The number of nitrogens with zero attached hydrogens (tertiary/aromatic N) is 2. The summed E-state index contributed by atoms with van der Waals surface area (Å²) in [4.78, 5) is 3.57.